The van der Waals surface area contributed by atoms with Gasteiger partial charge in [0.1, 0.15) is 5.75 Å². The van der Waals surface area contributed by atoms with Crippen LogP contribution in [0, 0.1) is 0 Å². The second kappa shape index (κ2) is 9.41. The number of hydrogen-bond donors (Lipinski definition) is 1. The monoisotopic (exact) mass is 490 g/mol. The van der Waals surface area contributed by atoms with E-state index >= 15 is 0 Å². The molecule has 1 aliphatic rings. The standard InChI is InChI=1S/C32H23BN4O/c1-2-11-25(12-3-1)37-30-14-5-4-13-27(30)33(24-10-8-9-23(21-24)29-18-20-35-36-29)28-22-26(16-17-31(28)37)38-32-15-6-7-19-34-32/h1-22H,(H,35,36). The van der Waals surface area contributed by atoms with Gasteiger partial charge in [-0.25, -0.2) is 4.98 Å². The number of aromatic amines is 1. The van der Waals surface area contributed by atoms with Crippen LogP contribution in [0.3, 0.4) is 0 Å². The third-order valence-corrected chi connectivity index (χ3v) is 6.95. The van der Waals surface area contributed by atoms with Crippen LogP contribution in [0.25, 0.3) is 11.3 Å². The first kappa shape index (κ1) is 22.1. The topological polar surface area (TPSA) is 54.0 Å². The second-order valence-corrected chi connectivity index (χ2v) is 9.25. The molecule has 6 aromatic rings. The molecule has 1 N–H and O–H groups in total. The van der Waals surface area contributed by atoms with E-state index in [0.717, 1.165) is 28.4 Å². The lowest BCUT2D eigenvalue weighted by atomic mass is 9.35. The van der Waals surface area contributed by atoms with E-state index in [9.17, 15) is 0 Å². The van der Waals surface area contributed by atoms with Gasteiger partial charge in [-0.05, 0) is 65.0 Å². The molecule has 0 unspecified atom stereocenters. The fourth-order valence-electron chi connectivity index (χ4n) is 5.31. The number of nitrogens with zero attached hydrogens (tertiary/aromatic N) is 3. The average Bonchev–Trinajstić information content (AvgIpc) is 3.52. The van der Waals surface area contributed by atoms with Crippen molar-refractivity contribution in [2.24, 2.45) is 0 Å². The molecule has 5 nitrogen and oxygen atoms in total. The van der Waals surface area contributed by atoms with E-state index in [1.54, 1.807) is 12.4 Å². The van der Waals surface area contributed by atoms with Crippen LogP contribution in [0.1, 0.15) is 0 Å². The minimum Gasteiger partial charge on any atom is -0.439 e. The molecule has 0 spiro atoms. The average molecular weight is 490 g/mol. The number of H-pyrrole nitrogens is 1. The summed E-state index contributed by atoms with van der Waals surface area (Å²) in [7, 11) is 0. The van der Waals surface area contributed by atoms with Crippen LogP contribution >= 0.6 is 0 Å². The zero-order chi connectivity index (χ0) is 25.3. The molecule has 0 saturated carbocycles. The number of pyridine rings is 1. The van der Waals surface area contributed by atoms with E-state index in [1.807, 2.05) is 36.4 Å². The smallest absolute Gasteiger partial charge is 0.246 e. The molecule has 6 heteroatoms. The molecule has 0 fully saturated rings. The van der Waals surface area contributed by atoms with E-state index < -0.39 is 0 Å². The third kappa shape index (κ3) is 3.93. The van der Waals surface area contributed by atoms with E-state index in [0.29, 0.717) is 5.88 Å². The van der Waals surface area contributed by atoms with Gasteiger partial charge < -0.3 is 9.64 Å². The number of benzene rings is 4. The highest BCUT2D eigenvalue weighted by atomic mass is 16.5. The summed E-state index contributed by atoms with van der Waals surface area (Å²) in [5, 5.41) is 7.26. The SMILES string of the molecule is c1ccc(N2c3ccccc3B(c3cccc(-c4ccn[nH]4)c3)c3cc(Oc4ccccn4)ccc32)cc1. The number of fused-ring (bicyclic) bond motifs is 2. The molecule has 0 bridgehead atoms. The summed E-state index contributed by atoms with van der Waals surface area (Å²) in [5.74, 6) is 1.32. The molecular formula is C32H23BN4O. The molecule has 0 radical (unpaired) electrons. The number of para-hydroxylation sites is 2. The number of nitrogens with one attached hydrogen (secondary N) is 1. The van der Waals surface area contributed by atoms with Gasteiger partial charge in [0.15, 0.2) is 0 Å². The molecule has 0 amide bonds. The Morgan fingerprint density at radius 3 is 2.34 bits per heavy atom. The normalized spacial score (nSPS) is 12.1. The quantitative estimate of drug-likeness (QED) is 0.321. The predicted molar refractivity (Wildman–Crippen MR) is 154 cm³/mol. The van der Waals surface area contributed by atoms with Gasteiger partial charge in [-0.1, -0.05) is 72.2 Å². The second-order valence-electron chi connectivity index (χ2n) is 9.25. The Balaban J connectivity index is 1.43. The van der Waals surface area contributed by atoms with E-state index in [-0.39, 0.29) is 6.71 Å². The summed E-state index contributed by atoms with van der Waals surface area (Å²) < 4.78 is 6.20. The number of hydrogen-bond acceptors (Lipinski definition) is 4. The minimum atomic E-state index is 0.0105. The zero-order valence-corrected chi connectivity index (χ0v) is 20.5. The van der Waals surface area contributed by atoms with Gasteiger partial charge in [-0.3, -0.25) is 5.10 Å². The van der Waals surface area contributed by atoms with Gasteiger partial charge in [0.25, 0.3) is 0 Å². The minimum absolute atomic E-state index is 0.0105. The van der Waals surface area contributed by atoms with Crippen LogP contribution in [0.2, 0.25) is 0 Å². The highest BCUT2D eigenvalue weighted by molar-refractivity contribution is 6.98. The maximum Gasteiger partial charge on any atom is 0.246 e. The summed E-state index contributed by atoms with van der Waals surface area (Å²) in [6, 6.07) is 41.9. The molecular weight excluding hydrogens is 467 g/mol. The zero-order valence-electron chi connectivity index (χ0n) is 20.5. The van der Waals surface area contributed by atoms with Gasteiger partial charge in [-0.2, -0.15) is 5.10 Å². The lowest BCUT2D eigenvalue weighted by Crippen LogP contribution is -2.57. The van der Waals surface area contributed by atoms with Crippen molar-refractivity contribution < 1.29 is 4.74 Å². The predicted octanol–water partition coefficient (Wildman–Crippen LogP) is 5.56. The largest absolute Gasteiger partial charge is 0.439 e. The molecule has 3 heterocycles. The molecule has 4 aromatic carbocycles. The maximum absolute atomic E-state index is 6.20. The molecule has 0 aliphatic carbocycles. The van der Waals surface area contributed by atoms with E-state index in [2.05, 4.69) is 105 Å². The number of anilines is 3. The molecule has 1 aliphatic heterocycles. The number of ether oxygens (including phenoxy) is 1. The molecule has 38 heavy (non-hydrogen) atoms. The lowest BCUT2D eigenvalue weighted by Gasteiger charge is -2.37. The first-order valence-corrected chi connectivity index (χ1v) is 12.6. The Hall–Kier alpha value is -5.10. The van der Waals surface area contributed by atoms with Gasteiger partial charge in [-0.15, -0.1) is 0 Å². The van der Waals surface area contributed by atoms with Crippen LogP contribution < -0.4 is 26.0 Å². The summed E-state index contributed by atoms with van der Waals surface area (Å²) >= 11 is 0. The lowest BCUT2D eigenvalue weighted by molar-refractivity contribution is 0.463. The Bertz CT molecular complexity index is 1710. The third-order valence-electron chi connectivity index (χ3n) is 6.95. The van der Waals surface area contributed by atoms with E-state index in [4.69, 9.17) is 4.74 Å². The van der Waals surface area contributed by atoms with Crippen molar-refractivity contribution >= 4 is 40.2 Å². The first-order valence-electron chi connectivity index (χ1n) is 12.6. The number of rotatable bonds is 5. The van der Waals surface area contributed by atoms with Gasteiger partial charge in [0.05, 0.1) is 5.69 Å². The van der Waals surface area contributed by atoms with Crippen LogP contribution in [0.15, 0.2) is 134 Å². The van der Waals surface area contributed by atoms with Crippen molar-refractivity contribution in [2.45, 2.75) is 0 Å². The van der Waals surface area contributed by atoms with Crippen molar-refractivity contribution in [3.05, 3.63) is 134 Å². The van der Waals surface area contributed by atoms with Gasteiger partial charge >= 0.3 is 0 Å². The summed E-state index contributed by atoms with van der Waals surface area (Å²) in [5.41, 5.74) is 9.11. The van der Waals surface area contributed by atoms with E-state index in [1.165, 1.54) is 22.1 Å². The fourth-order valence-corrected chi connectivity index (χ4v) is 5.31. The van der Waals surface area contributed by atoms with Crippen LogP contribution in [0.4, 0.5) is 17.1 Å². The van der Waals surface area contributed by atoms with Crippen molar-refractivity contribution in [3.63, 3.8) is 0 Å². The number of aromatic nitrogens is 3. The molecule has 0 atom stereocenters. The molecule has 7 rings (SSSR count). The van der Waals surface area contributed by atoms with Crippen LogP contribution in [0.5, 0.6) is 11.6 Å². The highest BCUT2D eigenvalue weighted by Crippen LogP contribution is 2.37. The van der Waals surface area contributed by atoms with Gasteiger partial charge in [0.2, 0.25) is 12.6 Å². The Kier molecular flexibility index (Phi) is 5.48. The van der Waals surface area contributed by atoms with Crippen molar-refractivity contribution in [3.8, 4) is 22.9 Å². The summed E-state index contributed by atoms with van der Waals surface area (Å²) in [6.45, 7) is 0.0105. The van der Waals surface area contributed by atoms with Crippen molar-refractivity contribution in [1.82, 2.24) is 15.2 Å². The van der Waals surface area contributed by atoms with Crippen LogP contribution in [-0.4, -0.2) is 21.9 Å². The van der Waals surface area contributed by atoms with Crippen LogP contribution in [-0.2, 0) is 0 Å². The van der Waals surface area contributed by atoms with Crippen molar-refractivity contribution in [1.29, 1.82) is 0 Å². The first-order chi connectivity index (χ1) is 18.8. The molecule has 180 valence electrons. The summed E-state index contributed by atoms with van der Waals surface area (Å²) in [6.07, 6.45) is 3.52. The molecule has 2 aromatic heterocycles. The molecule has 0 saturated heterocycles. The fraction of sp³-hybridized carbons (Fsp3) is 0. The van der Waals surface area contributed by atoms with Crippen molar-refractivity contribution in [2.75, 3.05) is 4.90 Å². The Labute approximate surface area is 221 Å². The summed E-state index contributed by atoms with van der Waals surface area (Å²) in [4.78, 5) is 6.70. The van der Waals surface area contributed by atoms with Gasteiger partial charge in [0, 0.05) is 35.5 Å². The Morgan fingerprint density at radius 2 is 1.50 bits per heavy atom. The Morgan fingerprint density at radius 1 is 0.658 bits per heavy atom. The maximum atomic E-state index is 6.20. The highest BCUT2D eigenvalue weighted by Gasteiger charge is 2.35.